The third kappa shape index (κ3) is 4.99. The van der Waals surface area contributed by atoms with Crippen LogP contribution in [-0.2, 0) is 26.1 Å². The normalized spacial score (nSPS) is 13.4. The average molecular weight is 606 g/mol. The molecule has 0 saturated carbocycles. The van der Waals surface area contributed by atoms with E-state index < -0.39 is 67.2 Å². The molecule has 0 aliphatic rings. The first-order valence-corrected chi connectivity index (χ1v) is 13.9. The Bertz CT molecular complexity index is 1480. The molecule has 0 bridgehead atoms. The molecule has 6 nitrogen and oxygen atoms in total. The summed E-state index contributed by atoms with van der Waals surface area (Å²) in [5.74, 6) is 0.345. The second-order valence-electron chi connectivity index (χ2n) is 6.91. The number of alkyl halides is 6. The zero-order valence-corrected chi connectivity index (χ0v) is 20.6. The SMILES string of the molecule is COc1ccc(-c2[se]c3ccccc3c(=O)c2C[C-](S(=O)(=O)C(F)(F)F)S(=O)(=O)C(F)(F)F)cc1. The van der Waals surface area contributed by atoms with Gasteiger partial charge < -0.3 is 0 Å². The van der Waals surface area contributed by atoms with Crippen LogP contribution in [-0.4, -0.2) is 49.5 Å². The van der Waals surface area contributed by atoms with Gasteiger partial charge in [0.1, 0.15) is 0 Å². The number of halogens is 6. The van der Waals surface area contributed by atoms with Gasteiger partial charge in [-0.1, -0.05) is 0 Å². The van der Waals surface area contributed by atoms with E-state index in [1.165, 1.54) is 49.6 Å². The van der Waals surface area contributed by atoms with E-state index in [1.54, 1.807) is 6.07 Å². The molecule has 1 heterocycles. The topological polar surface area (TPSA) is 94.6 Å². The van der Waals surface area contributed by atoms with Crippen LogP contribution >= 0.6 is 0 Å². The molecule has 15 heteroatoms. The standard InChI is InChI=1S/C20H13F6O6S2Se/c1-32-12-8-6-11(7-9-12)18-14(17(27)13-4-2-3-5-15(13)35-18)10-16(33(28,29)19(21,22)23)34(30,31)20(24,25)26/h2-9H,10H2,1H3/q-1. The molecule has 1 aromatic heterocycles. The second kappa shape index (κ2) is 9.26. The second-order valence-corrected chi connectivity index (χ2v) is 13.3. The first-order chi connectivity index (χ1) is 16.0. The van der Waals surface area contributed by atoms with Gasteiger partial charge in [0.15, 0.2) is 0 Å². The molecule has 0 unspecified atom stereocenters. The van der Waals surface area contributed by atoms with Gasteiger partial charge in [-0.2, -0.15) is 0 Å². The molecule has 0 atom stereocenters. The number of hydrogen-bond acceptors (Lipinski definition) is 6. The summed E-state index contributed by atoms with van der Waals surface area (Å²) in [5.41, 5.74) is -14.4. The molecule has 35 heavy (non-hydrogen) atoms. The van der Waals surface area contributed by atoms with E-state index >= 15 is 0 Å². The van der Waals surface area contributed by atoms with Crippen molar-refractivity contribution in [3.63, 3.8) is 0 Å². The summed E-state index contributed by atoms with van der Waals surface area (Å²) in [4.78, 5) is 13.2. The molecule has 0 fully saturated rings. The van der Waals surface area contributed by atoms with Crippen molar-refractivity contribution in [2.45, 2.75) is 17.4 Å². The third-order valence-corrected chi connectivity index (χ3v) is 11.4. The van der Waals surface area contributed by atoms with E-state index in [2.05, 4.69) is 0 Å². The Morgan fingerprint density at radius 3 is 1.86 bits per heavy atom. The Labute approximate surface area is 200 Å². The molecule has 0 N–H and O–H groups in total. The van der Waals surface area contributed by atoms with Crippen LogP contribution in [0.1, 0.15) is 5.56 Å². The van der Waals surface area contributed by atoms with Gasteiger partial charge in [0.05, 0.1) is 0 Å². The van der Waals surface area contributed by atoms with Crippen molar-refractivity contribution in [1.82, 2.24) is 0 Å². The molecule has 3 aromatic rings. The maximum absolute atomic E-state index is 13.2. The monoisotopic (exact) mass is 607 g/mol. The van der Waals surface area contributed by atoms with Gasteiger partial charge >= 0.3 is 201 Å². The van der Waals surface area contributed by atoms with Gasteiger partial charge in [-0.3, -0.25) is 0 Å². The number of fused-ring (bicyclic) bond motifs is 1. The van der Waals surface area contributed by atoms with Crippen molar-refractivity contribution in [2.24, 2.45) is 0 Å². The zero-order chi connectivity index (χ0) is 26.4. The molecular formula is C20H13F6O6S2Se-. The van der Waals surface area contributed by atoms with Crippen LogP contribution in [0.4, 0.5) is 26.3 Å². The summed E-state index contributed by atoms with van der Waals surface area (Å²) in [6.07, 6.45) is -1.92. The number of benzene rings is 2. The Morgan fingerprint density at radius 1 is 0.857 bits per heavy atom. The van der Waals surface area contributed by atoms with Crippen molar-refractivity contribution >= 4 is 43.8 Å². The fourth-order valence-electron chi connectivity index (χ4n) is 3.05. The van der Waals surface area contributed by atoms with E-state index in [0.29, 0.717) is 10.0 Å². The Kier molecular flexibility index (Phi) is 7.21. The van der Waals surface area contributed by atoms with Crippen LogP contribution in [0, 0.1) is 4.58 Å². The molecule has 190 valence electrons. The molecule has 2 aromatic carbocycles. The summed E-state index contributed by atoms with van der Waals surface area (Å²) < 4.78 is 130. The summed E-state index contributed by atoms with van der Waals surface area (Å²) in [6.45, 7) is 0. The number of sulfone groups is 2. The molecule has 0 saturated heterocycles. The van der Waals surface area contributed by atoms with Crippen LogP contribution in [0.2, 0.25) is 0 Å². The zero-order valence-electron chi connectivity index (χ0n) is 17.3. The van der Waals surface area contributed by atoms with Crippen LogP contribution < -0.4 is 10.2 Å². The van der Waals surface area contributed by atoms with Crippen molar-refractivity contribution < 1.29 is 47.9 Å². The predicted octanol–water partition coefficient (Wildman–Crippen LogP) is 3.83. The van der Waals surface area contributed by atoms with Crippen molar-refractivity contribution in [3.8, 4) is 15.8 Å². The fourth-order valence-corrected chi connectivity index (χ4v) is 8.44. The Morgan fingerprint density at radius 2 is 1.37 bits per heavy atom. The molecule has 0 radical (unpaired) electrons. The van der Waals surface area contributed by atoms with Gasteiger partial charge in [0, 0.05) is 0 Å². The molecular weight excluding hydrogens is 593 g/mol. The summed E-state index contributed by atoms with van der Waals surface area (Å²) in [7, 11) is -12.6. The minimum atomic E-state index is -6.99. The van der Waals surface area contributed by atoms with Gasteiger partial charge in [-0.15, -0.1) is 0 Å². The molecule has 0 aliphatic carbocycles. The quantitative estimate of drug-likeness (QED) is 0.241. The van der Waals surface area contributed by atoms with Crippen molar-refractivity contribution in [3.05, 3.63) is 68.9 Å². The minimum absolute atomic E-state index is 0.0592. The van der Waals surface area contributed by atoms with Gasteiger partial charge in [-0.05, 0) is 0 Å². The van der Waals surface area contributed by atoms with Crippen LogP contribution in [0.3, 0.4) is 0 Å². The van der Waals surface area contributed by atoms with E-state index in [4.69, 9.17) is 4.74 Å². The molecule has 0 amide bonds. The van der Waals surface area contributed by atoms with Crippen molar-refractivity contribution in [2.75, 3.05) is 7.11 Å². The summed E-state index contributed by atoms with van der Waals surface area (Å²) in [5, 5.41) is -0.0760. The van der Waals surface area contributed by atoms with Crippen molar-refractivity contribution in [1.29, 1.82) is 0 Å². The predicted molar refractivity (Wildman–Crippen MR) is 116 cm³/mol. The molecule has 0 aliphatic heterocycles. The number of methoxy groups -OCH3 is 1. The van der Waals surface area contributed by atoms with E-state index in [0.717, 1.165) is 0 Å². The van der Waals surface area contributed by atoms with Gasteiger partial charge in [0.2, 0.25) is 0 Å². The van der Waals surface area contributed by atoms with Crippen LogP contribution in [0.15, 0.2) is 53.3 Å². The van der Waals surface area contributed by atoms with Gasteiger partial charge in [-0.25, -0.2) is 0 Å². The number of rotatable bonds is 6. The van der Waals surface area contributed by atoms with Gasteiger partial charge in [0.25, 0.3) is 0 Å². The first kappa shape index (κ1) is 27.2. The number of ether oxygens (including phenoxy) is 1. The Balaban J connectivity index is 2.38. The summed E-state index contributed by atoms with van der Waals surface area (Å²) in [6, 6.07) is 11.3. The summed E-state index contributed by atoms with van der Waals surface area (Å²) >= 11 is -0.899. The van der Waals surface area contributed by atoms with E-state index in [9.17, 15) is 48.0 Å². The number of hydrogen-bond donors (Lipinski definition) is 0. The van der Waals surface area contributed by atoms with Crippen LogP contribution in [0.25, 0.3) is 19.6 Å². The molecule has 3 rings (SSSR count). The van der Waals surface area contributed by atoms with E-state index in [-0.39, 0.29) is 15.4 Å². The molecule has 0 spiro atoms. The van der Waals surface area contributed by atoms with Crippen LogP contribution in [0.5, 0.6) is 5.75 Å². The Hall–Kier alpha value is -2.35. The maximum atomic E-state index is 13.2. The third-order valence-electron chi connectivity index (χ3n) is 4.77. The fraction of sp³-hybridized carbons (Fsp3) is 0.200. The average Bonchev–Trinajstić information content (AvgIpc) is 2.76. The first-order valence-electron chi connectivity index (χ1n) is 9.20. The van der Waals surface area contributed by atoms with E-state index in [1.807, 2.05) is 0 Å².